The zero-order valence-electron chi connectivity index (χ0n) is 8.41. The first kappa shape index (κ1) is 9.04. The summed E-state index contributed by atoms with van der Waals surface area (Å²) in [5.74, 6) is 0.414. The van der Waals surface area contributed by atoms with Crippen molar-refractivity contribution in [3.8, 4) is 0 Å². The molecule has 2 nitrogen and oxygen atoms in total. The van der Waals surface area contributed by atoms with E-state index in [1.807, 2.05) is 6.07 Å². The highest BCUT2D eigenvalue weighted by molar-refractivity contribution is 5.66. The Morgan fingerprint density at radius 1 is 1.40 bits per heavy atom. The average Bonchev–Trinajstić information content (AvgIpc) is 2.22. The Hall–Kier alpha value is -1.22. The zero-order valence-corrected chi connectivity index (χ0v) is 8.41. The Bertz CT molecular complexity index is 397. The quantitative estimate of drug-likeness (QED) is 0.707. The van der Waals surface area contributed by atoms with Gasteiger partial charge in [0.15, 0.2) is 0 Å². The molecule has 1 aromatic rings. The maximum Gasteiger partial charge on any atom is 0.212 e. The topological polar surface area (TPSA) is 24.9 Å². The molecule has 1 fully saturated rings. The maximum absolute atomic E-state index is 12.7. The summed E-state index contributed by atoms with van der Waals surface area (Å²) in [5.41, 5.74) is 2.36. The third kappa shape index (κ3) is 1.57. The Kier molecular flexibility index (Phi) is 2.06. The van der Waals surface area contributed by atoms with Crippen LogP contribution in [0.1, 0.15) is 18.4 Å². The Balaban J connectivity index is 1.87. The van der Waals surface area contributed by atoms with E-state index < -0.39 is 5.95 Å². The van der Waals surface area contributed by atoms with E-state index in [2.05, 4.69) is 16.4 Å². The molecular weight excluding hydrogens is 191 g/mol. The molecule has 0 saturated carbocycles. The molecule has 2 atom stereocenters. The molecular formula is C12H13FN2. The molecule has 3 heteroatoms. The second-order valence-electron chi connectivity index (χ2n) is 4.29. The summed E-state index contributed by atoms with van der Waals surface area (Å²) in [6, 6.07) is 3.78. The summed E-state index contributed by atoms with van der Waals surface area (Å²) in [5, 5.41) is 3.39. The van der Waals surface area contributed by atoms with Gasteiger partial charge in [-0.25, -0.2) is 4.98 Å². The smallest absolute Gasteiger partial charge is 0.212 e. The molecule has 0 bridgehead atoms. The third-order valence-electron chi connectivity index (χ3n) is 3.39. The summed E-state index contributed by atoms with van der Waals surface area (Å²) in [6.45, 7) is 1.15. The van der Waals surface area contributed by atoms with Crippen LogP contribution in [0, 0.1) is 11.9 Å². The highest BCUT2D eigenvalue weighted by Gasteiger charge is 2.31. The lowest BCUT2D eigenvalue weighted by Crippen LogP contribution is -2.52. The summed E-state index contributed by atoms with van der Waals surface area (Å²) >= 11 is 0. The van der Waals surface area contributed by atoms with Gasteiger partial charge in [-0.2, -0.15) is 4.39 Å². The monoisotopic (exact) mass is 204 g/mol. The van der Waals surface area contributed by atoms with Crippen LogP contribution in [0.25, 0.3) is 5.57 Å². The summed E-state index contributed by atoms with van der Waals surface area (Å²) < 4.78 is 12.7. The molecule has 0 amide bonds. The lowest BCUT2D eigenvalue weighted by Gasteiger charge is -2.40. The van der Waals surface area contributed by atoms with Crippen LogP contribution < -0.4 is 5.32 Å². The van der Waals surface area contributed by atoms with Gasteiger partial charge in [-0.1, -0.05) is 6.08 Å². The molecule has 2 aliphatic rings. The fraction of sp³-hybridized carbons (Fsp3) is 0.417. The largest absolute Gasteiger partial charge is 0.310 e. The van der Waals surface area contributed by atoms with Crippen molar-refractivity contribution in [3.63, 3.8) is 0 Å². The Morgan fingerprint density at radius 2 is 2.33 bits per heavy atom. The van der Waals surface area contributed by atoms with Gasteiger partial charge in [0.05, 0.1) is 0 Å². The van der Waals surface area contributed by atoms with E-state index in [9.17, 15) is 4.39 Å². The Morgan fingerprint density at radius 3 is 2.93 bits per heavy atom. The second kappa shape index (κ2) is 3.42. The number of hydrogen-bond donors (Lipinski definition) is 1. The minimum absolute atomic E-state index is 0.408. The van der Waals surface area contributed by atoms with E-state index in [0.29, 0.717) is 6.04 Å². The first-order valence-corrected chi connectivity index (χ1v) is 5.39. The molecule has 3 rings (SSSR count). The highest BCUT2D eigenvalue weighted by Crippen LogP contribution is 2.33. The summed E-state index contributed by atoms with van der Waals surface area (Å²) in [4.78, 5) is 3.69. The SMILES string of the molecule is Fc1ccc(C2=C[C@@H]3NC[C@@H]3CC2)cn1. The van der Waals surface area contributed by atoms with Crippen LogP contribution in [0.4, 0.5) is 4.39 Å². The number of rotatable bonds is 1. The minimum Gasteiger partial charge on any atom is -0.310 e. The summed E-state index contributed by atoms with van der Waals surface area (Å²) in [6.07, 6.45) is 6.23. The van der Waals surface area contributed by atoms with Gasteiger partial charge in [0, 0.05) is 18.8 Å². The first-order valence-electron chi connectivity index (χ1n) is 5.39. The lowest BCUT2D eigenvalue weighted by atomic mass is 9.79. The second-order valence-corrected chi connectivity index (χ2v) is 4.29. The van der Waals surface area contributed by atoms with Gasteiger partial charge in [0.1, 0.15) is 0 Å². The molecule has 1 aliphatic heterocycles. The van der Waals surface area contributed by atoms with Gasteiger partial charge in [0.25, 0.3) is 0 Å². The lowest BCUT2D eigenvalue weighted by molar-refractivity contribution is 0.256. The number of pyridine rings is 1. The maximum atomic E-state index is 12.7. The fourth-order valence-corrected chi connectivity index (χ4v) is 2.34. The molecule has 1 aliphatic carbocycles. The number of nitrogens with zero attached hydrogens (tertiary/aromatic N) is 1. The number of aromatic nitrogens is 1. The van der Waals surface area contributed by atoms with Crippen molar-refractivity contribution in [2.75, 3.05) is 6.54 Å². The highest BCUT2D eigenvalue weighted by atomic mass is 19.1. The van der Waals surface area contributed by atoms with Crippen LogP contribution in [0.5, 0.6) is 0 Å². The molecule has 15 heavy (non-hydrogen) atoms. The van der Waals surface area contributed by atoms with Crippen LogP contribution in [0.2, 0.25) is 0 Å². The predicted molar refractivity (Wildman–Crippen MR) is 56.7 cm³/mol. The third-order valence-corrected chi connectivity index (χ3v) is 3.39. The van der Waals surface area contributed by atoms with Crippen LogP contribution in [-0.2, 0) is 0 Å². The minimum atomic E-state index is -0.408. The molecule has 0 unspecified atom stereocenters. The van der Waals surface area contributed by atoms with Crippen molar-refractivity contribution in [2.45, 2.75) is 18.9 Å². The van der Waals surface area contributed by atoms with Crippen LogP contribution in [0.15, 0.2) is 24.4 Å². The molecule has 1 N–H and O–H groups in total. The fourth-order valence-electron chi connectivity index (χ4n) is 2.34. The van der Waals surface area contributed by atoms with Crippen molar-refractivity contribution >= 4 is 5.57 Å². The van der Waals surface area contributed by atoms with E-state index in [1.165, 1.54) is 18.1 Å². The predicted octanol–water partition coefficient (Wildman–Crippen LogP) is 1.99. The van der Waals surface area contributed by atoms with Crippen molar-refractivity contribution < 1.29 is 4.39 Å². The number of allylic oxidation sites excluding steroid dienone is 1. The van der Waals surface area contributed by atoms with Crippen LogP contribution in [-0.4, -0.2) is 17.6 Å². The van der Waals surface area contributed by atoms with Crippen molar-refractivity contribution in [1.82, 2.24) is 10.3 Å². The van der Waals surface area contributed by atoms with Gasteiger partial charge in [-0.15, -0.1) is 0 Å². The first-order chi connectivity index (χ1) is 7.33. The number of nitrogens with one attached hydrogen (secondary N) is 1. The van der Waals surface area contributed by atoms with Gasteiger partial charge in [0.2, 0.25) is 5.95 Å². The van der Waals surface area contributed by atoms with Crippen molar-refractivity contribution in [2.24, 2.45) is 5.92 Å². The van der Waals surface area contributed by atoms with E-state index in [-0.39, 0.29) is 0 Å². The van der Waals surface area contributed by atoms with Gasteiger partial charge < -0.3 is 5.32 Å². The van der Waals surface area contributed by atoms with Gasteiger partial charge in [-0.3, -0.25) is 0 Å². The molecule has 78 valence electrons. The average molecular weight is 204 g/mol. The van der Waals surface area contributed by atoms with E-state index in [0.717, 1.165) is 24.4 Å². The van der Waals surface area contributed by atoms with Crippen LogP contribution >= 0.6 is 0 Å². The molecule has 1 saturated heterocycles. The Labute approximate surface area is 88.2 Å². The molecule has 0 spiro atoms. The number of fused-ring (bicyclic) bond motifs is 1. The molecule has 0 radical (unpaired) electrons. The van der Waals surface area contributed by atoms with Crippen molar-refractivity contribution in [3.05, 3.63) is 35.9 Å². The normalized spacial score (nSPS) is 29.0. The molecule has 2 heterocycles. The van der Waals surface area contributed by atoms with Crippen LogP contribution in [0.3, 0.4) is 0 Å². The van der Waals surface area contributed by atoms with E-state index in [4.69, 9.17) is 0 Å². The standard InChI is InChI=1S/C12H13FN2/c13-12-4-3-9(6-15-12)8-1-2-10-7-14-11(10)5-8/h3-6,10-11,14H,1-2,7H2/t10-,11-/m0/s1. The number of hydrogen-bond acceptors (Lipinski definition) is 2. The molecule has 0 aromatic carbocycles. The van der Waals surface area contributed by atoms with E-state index >= 15 is 0 Å². The summed E-state index contributed by atoms with van der Waals surface area (Å²) in [7, 11) is 0. The molecule has 1 aromatic heterocycles. The van der Waals surface area contributed by atoms with Gasteiger partial charge >= 0.3 is 0 Å². The van der Waals surface area contributed by atoms with E-state index in [1.54, 1.807) is 6.20 Å². The zero-order chi connectivity index (χ0) is 10.3. The number of halogens is 1. The van der Waals surface area contributed by atoms with Gasteiger partial charge in [-0.05, 0) is 42.0 Å². The van der Waals surface area contributed by atoms with Crippen molar-refractivity contribution in [1.29, 1.82) is 0 Å².